The molecule has 1 saturated carbocycles. The highest BCUT2D eigenvalue weighted by atomic mass is 16.1. The normalized spacial score (nSPS) is 29.2. The first-order chi connectivity index (χ1) is 7.26. The molecular formula is C15H28O. The fourth-order valence-electron chi connectivity index (χ4n) is 3.62. The van der Waals surface area contributed by atoms with Gasteiger partial charge in [0.25, 0.3) is 0 Å². The molecule has 0 N–H and O–H groups in total. The van der Waals surface area contributed by atoms with Gasteiger partial charge in [0.2, 0.25) is 0 Å². The van der Waals surface area contributed by atoms with Crippen molar-refractivity contribution in [1.82, 2.24) is 0 Å². The molecule has 0 aromatic rings. The van der Waals surface area contributed by atoms with Gasteiger partial charge in [-0.25, -0.2) is 0 Å². The van der Waals surface area contributed by atoms with Crippen LogP contribution < -0.4 is 0 Å². The lowest BCUT2D eigenvalue weighted by Gasteiger charge is -2.39. The van der Waals surface area contributed by atoms with E-state index in [4.69, 9.17) is 0 Å². The van der Waals surface area contributed by atoms with Crippen LogP contribution in [-0.2, 0) is 4.79 Å². The molecule has 1 nitrogen and oxygen atoms in total. The minimum Gasteiger partial charge on any atom is -0.299 e. The molecule has 94 valence electrons. The Morgan fingerprint density at radius 1 is 1.19 bits per heavy atom. The summed E-state index contributed by atoms with van der Waals surface area (Å²) in [5.74, 6) is 0.809. The number of Topliss-reactive ketones (excluding diaryl/α,β-unsaturated/α-hetero) is 1. The van der Waals surface area contributed by atoms with Gasteiger partial charge in [-0.3, -0.25) is 4.79 Å². The number of ketones is 1. The summed E-state index contributed by atoms with van der Waals surface area (Å²) in [7, 11) is 0. The molecule has 0 saturated heterocycles. The summed E-state index contributed by atoms with van der Waals surface area (Å²) in [5, 5.41) is 0. The summed E-state index contributed by atoms with van der Waals surface area (Å²) in [5.41, 5.74) is 0.767. The number of rotatable bonds is 2. The van der Waals surface area contributed by atoms with E-state index in [2.05, 4.69) is 27.7 Å². The van der Waals surface area contributed by atoms with Crippen molar-refractivity contribution in [3.8, 4) is 0 Å². The van der Waals surface area contributed by atoms with Gasteiger partial charge < -0.3 is 0 Å². The highest BCUT2D eigenvalue weighted by molar-refractivity contribution is 5.80. The minimum atomic E-state index is 0.319. The first-order valence-corrected chi connectivity index (χ1v) is 6.78. The molecule has 0 heterocycles. The maximum atomic E-state index is 11.9. The largest absolute Gasteiger partial charge is 0.299 e. The smallest absolute Gasteiger partial charge is 0.135 e. The zero-order valence-corrected chi connectivity index (χ0v) is 11.7. The third kappa shape index (κ3) is 3.92. The Bertz CT molecular complexity index is 250. The summed E-state index contributed by atoms with van der Waals surface area (Å²) in [4.78, 5) is 11.9. The van der Waals surface area contributed by atoms with Crippen molar-refractivity contribution in [3.05, 3.63) is 0 Å². The molecule has 1 unspecified atom stereocenters. The zero-order chi connectivity index (χ0) is 12.4. The number of hydrogen-bond acceptors (Lipinski definition) is 1. The Hall–Kier alpha value is -0.330. The molecule has 1 aliphatic rings. The Morgan fingerprint density at radius 2 is 1.81 bits per heavy atom. The molecular weight excluding hydrogens is 196 g/mol. The molecule has 0 aromatic carbocycles. The third-order valence-electron chi connectivity index (χ3n) is 3.97. The molecule has 0 amide bonds. The minimum absolute atomic E-state index is 0.319. The van der Waals surface area contributed by atoms with Crippen molar-refractivity contribution in [1.29, 1.82) is 0 Å². The fourth-order valence-corrected chi connectivity index (χ4v) is 3.62. The second-order valence-corrected chi connectivity index (χ2v) is 7.12. The SMILES string of the molecule is CCC(=O)C1CCCC(C)(C)CC(C)(C)C1. The van der Waals surface area contributed by atoms with E-state index in [1.807, 2.05) is 6.92 Å². The monoisotopic (exact) mass is 224 g/mol. The van der Waals surface area contributed by atoms with Crippen LogP contribution >= 0.6 is 0 Å². The van der Waals surface area contributed by atoms with Gasteiger partial charge in [0.15, 0.2) is 0 Å². The predicted molar refractivity (Wildman–Crippen MR) is 69.4 cm³/mol. The van der Waals surface area contributed by atoms with Gasteiger partial charge in [-0.1, -0.05) is 41.0 Å². The molecule has 1 fully saturated rings. The van der Waals surface area contributed by atoms with E-state index >= 15 is 0 Å². The highest BCUT2D eigenvalue weighted by Gasteiger charge is 2.34. The van der Waals surface area contributed by atoms with Gasteiger partial charge in [-0.05, 0) is 36.5 Å². The Morgan fingerprint density at radius 3 is 2.38 bits per heavy atom. The van der Waals surface area contributed by atoms with Crippen LogP contribution in [0.15, 0.2) is 0 Å². The number of hydrogen-bond donors (Lipinski definition) is 0. The van der Waals surface area contributed by atoms with Crippen LogP contribution in [0.5, 0.6) is 0 Å². The predicted octanol–water partition coefficient (Wildman–Crippen LogP) is 4.60. The topological polar surface area (TPSA) is 17.1 Å². The first kappa shape index (κ1) is 13.7. The molecule has 16 heavy (non-hydrogen) atoms. The highest BCUT2D eigenvalue weighted by Crippen LogP contribution is 2.44. The maximum Gasteiger partial charge on any atom is 0.135 e. The standard InChI is InChI=1S/C15H28O/c1-6-13(16)12-8-7-9-14(2,3)11-15(4,5)10-12/h12H,6-11H2,1-5H3. The van der Waals surface area contributed by atoms with E-state index in [1.54, 1.807) is 0 Å². The van der Waals surface area contributed by atoms with Crippen LogP contribution in [0.2, 0.25) is 0 Å². The Kier molecular flexibility index (Phi) is 4.20. The van der Waals surface area contributed by atoms with Gasteiger partial charge in [-0.15, -0.1) is 0 Å². The van der Waals surface area contributed by atoms with Crippen molar-refractivity contribution < 1.29 is 4.79 Å². The van der Waals surface area contributed by atoms with Gasteiger partial charge in [-0.2, -0.15) is 0 Å². The van der Waals surface area contributed by atoms with Crippen LogP contribution in [0.25, 0.3) is 0 Å². The van der Waals surface area contributed by atoms with Crippen molar-refractivity contribution in [3.63, 3.8) is 0 Å². The lowest BCUT2D eigenvalue weighted by atomic mass is 9.65. The second kappa shape index (κ2) is 4.89. The number of carbonyl (C=O) groups excluding carboxylic acids is 1. The summed E-state index contributed by atoms with van der Waals surface area (Å²) < 4.78 is 0. The molecule has 0 aliphatic heterocycles. The van der Waals surface area contributed by atoms with Crippen molar-refractivity contribution in [2.45, 2.75) is 73.1 Å². The quantitative estimate of drug-likeness (QED) is 0.670. The zero-order valence-electron chi connectivity index (χ0n) is 11.7. The molecule has 0 spiro atoms. The van der Waals surface area contributed by atoms with Crippen LogP contribution in [0, 0.1) is 16.7 Å². The van der Waals surface area contributed by atoms with Gasteiger partial charge in [0, 0.05) is 12.3 Å². The van der Waals surface area contributed by atoms with E-state index < -0.39 is 0 Å². The summed E-state index contributed by atoms with van der Waals surface area (Å²) in [6, 6.07) is 0. The van der Waals surface area contributed by atoms with Crippen molar-refractivity contribution in [2.24, 2.45) is 16.7 Å². The van der Waals surface area contributed by atoms with Gasteiger partial charge >= 0.3 is 0 Å². The molecule has 0 aromatic heterocycles. The molecule has 1 heteroatoms. The average molecular weight is 224 g/mol. The van der Waals surface area contributed by atoms with Crippen LogP contribution in [0.4, 0.5) is 0 Å². The van der Waals surface area contributed by atoms with Crippen LogP contribution in [0.3, 0.4) is 0 Å². The third-order valence-corrected chi connectivity index (χ3v) is 3.97. The van der Waals surface area contributed by atoms with E-state index in [0.29, 0.717) is 29.0 Å². The maximum absolute atomic E-state index is 11.9. The summed E-state index contributed by atoms with van der Waals surface area (Å²) in [6.07, 6.45) is 6.64. The van der Waals surface area contributed by atoms with Crippen LogP contribution in [-0.4, -0.2) is 5.78 Å². The molecule has 1 rings (SSSR count). The fraction of sp³-hybridized carbons (Fsp3) is 0.933. The van der Waals surface area contributed by atoms with E-state index in [-0.39, 0.29) is 0 Å². The van der Waals surface area contributed by atoms with Crippen molar-refractivity contribution in [2.75, 3.05) is 0 Å². The lowest BCUT2D eigenvalue weighted by Crippen LogP contribution is -2.30. The summed E-state index contributed by atoms with van der Waals surface area (Å²) >= 11 is 0. The van der Waals surface area contributed by atoms with Crippen molar-refractivity contribution >= 4 is 5.78 Å². The molecule has 0 bridgehead atoms. The van der Waals surface area contributed by atoms with Gasteiger partial charge in [0.05, 0.1) is 0 Å². The molecule has 1 atom stereocenters. The Labute approximate surface area is 101 Å². The molecule has 1 aliphatic carbocycles. The van der Waals surface area contributed by atoms with E-state index in [1.165, 1.54) is 19.3 Å². The van der Waals surface area contributed by atoms with E-state index in [9.17, 15) is 4.79 Å². The average Bonchev–Trinajstić information content (AvgIpc) is 2.10. The summed E-state index contributed by atoms with van der Waals surface area (Å²) in [6.45, 7) is 11.4. The van der Waals surface area contributed by atoms with Gasteiger partial charge in [0.1, 0.15) is 5.78 Å². The van der Waals surface area contributed by atoms with Crippen LogP contribution in [0.1, 0.15) is 73.1 Å². The second-order valence-electron chi connectivity index (χ2n) is 7.12. The number of carbonyl (C=O) groups is 1. The molecule has 0 radical (unpaired) electrons. The lowest BCUT2D eigenvalue weighted by molar-refractivity contribution is -0.124. The first-order valence-electron chi connectivity index (χ1n) is 6.78. The van der Waals surface area contributed by atoms with E-state index in [0.717, 1.165) is 12.8 Å². The Balaban J connectivity index is 2.74.